The monoisotopic (exact) mass is 341 g/mol. The average molecular weight is 341 g/mol. The van der Waals surface area contributed by atoms with Gasteiger partial charge in [0, 0.05) is 29.9 Å². The van der Waals surface area contributed by atoms with Gasteiger partial charge in [0.15, 0.2) is 5.13 Å². The van der Waals surface area contributed by atoms with Crippen LogP contribution in [0.25, 0.3) is 11.3 Å². The van der Waals surface area contributed by atoms with Gasteiger partial charge in [-0.2, -0.15) is 5.10 Å². The second-order valence-corrected chi connectivity index (χ2v) is 6.79. The van der Waals surface area contributed by atoms with Crippen LogP contribution < -0.4 is 10.6 Å². The summed E-state index contributed by atoms with van der Waals surface area (Å²) < 4.78 is 1.68. The van der Waals surface area contributed by atoms with Gasteiger partial charge in [0.2, 0.25) is 0 Å². The first-order valence-corrected chi connectivity index (χ1v) is 8.47. The number of aryl methyl sites for hydroxylation is 1. The van der Waals surface area contributed by atoms with E-state index in [1.54, 1.807) is 17.1 Å². The number of urea groups is 1. The molecule has 24 heavy (non-hydrogen) atoms. The Kier molecular flexibility index (Phi) is 4.61. The molecule has 2 heterocycles. The molecule has 7 heteroatoms. The largest absolute Gasteiger partial charge is 0.325 e. The van der Waals surface area contributed by atoms with Gasteiger partial charge in [-0.15, -0.1) is 11.3 Å². The fraction of sp³-hybridized carbons (Fsp3) is 0.235. The summed E-state index contributed by atoms with van der Waals surface area (Å²) in [5.41, 5.74) is 2.34. The van der Waals surface area contributed by atoms with E-state index >= 15 is 0 Å². The van der Waals surface area contributed by atoms with E-state index in [0.29, 0.717) is 16.7 Å². The highest BCUT2D eigenvalue weighted by molar-refractivity contribution is 7.15. The van der Waals surface area contributed by atoms with Crippen molar-refractivity contribution in [2.75, 3.05) is 10.6 Å². The molecule has 0 spiro atoms. The zero-order valence-electron chi connectivity index (χ0n) is 13.8. The minimum atomic E-state index is -0.329. The molecule has 6 nitrogen and oxygen atoms in total. The predicted molar refractivity (Wildman–Crippen MR) is 97.5 cm³/mol. The lowest BCUT2D eigenvalue weighted by molar-refractivity contribution is 0.262. The third-order valence-corrected chi connectivity index (χ3v) is 4.65. The second kappa shape index (κ2) is 6.84. The highest BCUT2D eigenvalue weighted by Crippen LogP contribution is 2.27. The van der Waals surface area contributed by atoms with E-state index in [1.807, 2.05) is 37.4 Å². The van der Waals surface area contributed by atoms with Crippen LogP contribution in [0.3, 0.4) is 0 Å². The Balaban J connectivity index is 1.75. The van der Waals surface area contributed by atoms with E-state index in [-0.39, 0.29) is 6.03 Å². The zero-order valence-corrected chi connectivity index (χ0v) is 14.6. The molecule has 3 rings (SSSR count). The van der Waals surface area contributed by atoms with Crippen molar-refractivity contribution in [2.45, 2.75) is 19.8 Å². The Bertz CT molecular complexity index is 838. The topological polar surface area (TPSA) is 71.8 Å². The summed E-state index contributed by atoms with van der Waals surface area (Å²) in [4.78, 5) is 17.6. The quantitative estimate of drug-likeness (QED) is 0.743. The number of hydrogen-bond acceptors (Lipinski definition) is 4. The Hall–Kier alpha value is -2.67. The van der Waals surface area contributed by atoms with Crippen LogP contribution in [0, 0.1) is 0 Å². The highest BCUT2D eigenvalue weighted by Gasteiger charge is 2.14. The SMILES string of the molecule is CC(C)c1cnc(NC(=O)Nc2cn(C)nc2-c2ccccc2)s1. The first kappa shape index (κ1) is 16.2. The van der Waals surface area contributed by atoms with Gasteiger partial charge in [-0.25, -0.2) is 9.78 Å². The van der Waals surface area contributed by atoms with Gasteiger partial charge in [-0.3, -0.25) is 10.00 Å². The first-order chi connectivity index (χ1) is 11.5. The summed E-state index contributed by atoms with van der Waals surface area (Å²) in [5, 5.41) is 10.6. The Labute approximate surface area is 144 Å². The molecule has 3 aromatic rings. The molecule has 0 unspecified atom stereocenters. The number of benzene rings is 1. The molecule has 0 fully saturated rings. The summed E-state index contributed by atoms with van der Waals surface area (Å²) >= 11 is 1.48. The molecule has 0 aliphatic heterocycles. The maximum Gasteiger partial charge on any atom is 0.325 e. The van der Waals surface area contributed by atoms with E-state index in [2.05, 4.69) is 34.6 Å². The maximum absolute atomic E-state index is 12.3. The second-order valence-electron chi connectivity index (χ2n) is 5.73. The van der Waals surface area contributed by atoms with Gasteiger partial charge in [0.05, 0.1) is 5.69 Å². The van der Waals surface area contributed by atoms with E-state index in [9.17, 15) is 4.79 Å². The third-order valence-electron chi connectivity index (χ3n) is 3.44. The normalized spacial score (nSPS) is 10.8. The Morgan fingerprint density at radius 1 is 1.21 bits per heavy atom. The molecule has 2 N–H and O–H groups in total. The van der Waals surface area contributed by atoms with E-state index in [1.165, 1.54) is 11.3 Å². The van der Waals surface area contributed by atoms with Crippen molar-refractivity contribution in [1.82, 2.24) is 14.8 Å². The van der Waals surface area contributed by atoms with Crippen molar-refractivity contribution in [1.29, 1.82) is 0 Å². The van der Waals surface area contributed by atoms with Crippen molar-refractivity contribution in [3.63, 3.8) is 0 Å². The molecule has 0 bridgehead atoms. The smallest absolute Gasteiger partial charge is 0.304 e. The van der Waals surface area contributed by atoms with Crippen LogP contribution in [-0.2, 0) is 7.05 Å². The number of hydrogen-bond donors (Lipinski definition) is 2. The number of thiazole rings is 1. The number of rotatable bonds is 4. The van der Waals surface area contributed by atoms with Crippen LogP contribution in [0.1, 0.15) is 24.6 Å². The van der Waals surface area contributed by atoms with Crippen molar-refractivity contribution >= 4 is 28.2 Å². The molecular weight excluding hydrogens is 322 g/mol. The lowest BCUT2D eigenvalue weighted by atomic mass is 10.1. The average Bonchev–Trinajstić information content (AvgIpc) is 3.15. The molecule has 2 amide bonds. The van der Waals surface area contributed by atoms with Crippen molar-refractivity contribution in [3.05, 3.63) is 47.6 Å². The summed E-state index contributed by atoms with van der Waals surface area (Å²) in [5.74, 6) is 0.393. The molecule has 0 aliphatic carbocycles. The van der Waals surface area contributed by atoms with Crippen LogP contribution in [0.4, 0.5) is 15.6 Å². The van der Waals surface area contributed by atoms with Crippen LogP contribution in [0.15, 0.2) is 42.7 Å². The van der Waals surface area contributed by atoms with Crippen LogP contribution in [-0.4, -0.2) is 20.8 Å². The van der Waals surface area contributed by atoms with Gasteiger partial charge in [-0.1, -0.05) is 44.2 Å². The highest BCUT2D eigenvalue weighted by atomic mass is 32.1. The molecule has 0 radical (unpaired) electrons. The van der Waals surface area contributed by atoms with Crippen LogP contribution >= 0.6 is 11.3 Å². The maximum atomic E-state index is 12.3. The number of anilines is 2. The summed E-state index contributed by atoms with van der Waals surface area (Å²) in [6.07, 6.45) is 3.58. The lowest BCUT2D eigenvalue weighted by Crippen LogP contribution is -2.19. The number of carbonyl (C=O) groups excluding carboxylic acids is 1. The lowest BCUT2D eigenvalue weighted by Gasteiger charge is -2.05. The molecule has 1 aromatic carbocycles. The standard InChI is InChI=1S/C17H19N5OS/c1-11(2)14-9-18-17(24-14)20-16(23)19-13-10-22(3)21-15(13)12-7-5-4-6-8-12/h4-11H,1-3H3,(H2,18,19,20,23). The Morgan fingerprint density at radius 2 is 1.96 bits per heavy atom. The van der Waals surface area contributed by atoms with Crippen LogP contribution in [0.5, 0.6) is 0 Å². The summed E-state index contributed by atoms with van der Waals surface area (Å²) in [6.45, 7) is 4.19. The molecule has 0 atom stereocenters. The molecule has 2 aromatic heterocycles. The fourth-order valence-electron chi connectivity index (χ4n) is 2.25. The minimum Gasteiger partial charge on any atom is -0.304 e. The summed E-state index contributed by atoms with van der Waals surface area (Å²) in [7, 11) is 1.82. The van der Waals surface area contributed by atoms with E-state index in [0.717, 1.165) is 16.1 Å². The zero-order chi connectivity index (χ0) is 17.1. The van der Waals surface area contributed by atoms with Gasteiger partial charge in [0.25, 0.3) is 0 Å². The van der Waals surface area contributed by atoms with Gasteiger partial charge >= 0.3 is 6.03 Å². The number of carbonyl (C=O) groups is 1. The van der Waals surface area contributed by atoms with Crippen molar-refractivity contribution < 1.29 is 4.79 Å². The molecular formula is C17H19N5OS. The van der Waals surface area contributed by atoms with Gasteiger partial charge in [-0.05, 0) is 5.92 Å². The van der Waals surface area contributed by atoms with Crippen LogP contribution in [0.2, 0.25) is 0 Å². The Morgan fingerprint density at radius 3 is 2.62 bits per heavy atom. The number of aromatic nitrogens is 3. The number of nitrogens with one attached hydrogen (secondary N) is 2. The number of nitrogens with zero attached hydrogens (tertiary/aromatic N) is 3. The molecule has 0 saturated heterocycles. The molecule has 124 valence electrons. The van der Waals surface area contributed by atoms with E-state index < -0.39 is 0 Å². The number of amides is 2. The summed E-state index contributed by atoms with van der Waals surface area (Å²) in [6, 6.07) is 9.42. The first-order valence-electron chi connectivity index (χ1n) is 7.65. The predicted octanol–water partition coefficient (Wildman–Crippen LogP) is 4.31. The fourth-order valence-corrected chi connectivity index (χ4v) is 3.06. The van der Waals surface area contributed by atoms with Crippen molar-refractivity contribution in [3.8, 4) is 11.3 Å². The van der Waals surface area contributed by atoms with E-state index in [4.69, 9.17) is 0 Å². The van der Waals surface area contributed by atoms with Gasteiger partial charge < -0.3 is 5.32 Å². The molecule has 0 aliphatic rings. The third kappa shape index (κ3) is 3.62. The van der Waals surface area contributed by atoms with Crippen molar-refractivity contribution in [2.24, 2.45) is 7.05 Å². The minimum absolute atomic E-state index is 0.329. The molecule has 0 saturated carbocycles. The van der Waals surface area contributed by atoms with Gasteiger partial charge in [0.1, 0.15) is 5.69 Å².